The molecule has 2 heterocycles. The Kier molecular flexibility index (Phi) is 4.56. The molecular formula is C14H21ClN4O2. The third-order valence-corrected chi connectivity index (χ3v) is 3.81. The van der Waals surface area contributed by atoms with Crippen LogP contribution in [-0.4, -0.2) is 50.7 Å². The summed E-state index contributed by atoms with van der Waals surface area (Å²) in [6, 6.07) is 1.75. The van der Waals surface area contributed by atoms with Gasteiger partial charge in [0.15, 0.2) is 0 Å². The highest BCUT2D eigenvalue weighted by Gasteiger charge is 2.35. The van der Waals surface area contributed by atoms with Crippen molar-refractivity contribution in [1.29, 1.82) is 0 Å². The van der Waals surface area contributed by atoms with Crippen LogP contribution < -0.4 is 4.90 Å². The Morgan fingerprint density at radius 2 is 2.24 bits per heavy atom. The smallest absolute Gasteiger partial charge is 0.408 e. The molecule has 2 rings (SSSR count). The molecule has 0 aromatic carbocycles. The van der Waals surface area contributed by atoms with E-state index >= 15 is 0 Å². The van der Waals surface area contributed by atoms with Crippen molar-refractivity contribution in [3.8, 4) is 0 Å². The largest absolute Gasteiger partial charge is 0.465 e. The van der Waals surface area contributed by atoms with Crippen molar-refractivity contribution in [2.75, 3.05) is 18.0 Å². The van der Waals surface area contributed by atoms with Crippen LogP contribution in [0, 0.1) is 0 Å². The minimum absolute atomic E-state index is 0.0509. The third-order valence-electron chi connectivity index (χ3n) is 3.63. The van der Waals surface area contributed by atoms with Crippen molar-refractivity contribution in [2.45, 2.75) is 45.2 Å². The Bertz CT molecular complexity index is 518. The van der Waals surface area contributed by atoms with Gasteiger partial charge in [0.2, 0.25) is 5.28 Å². The summed E-state index contributed by atoms with van der Waals surface area (Å²) in [5.74, 6) is 0.749. The third kappa shape index (κ3) is 3.75. The summed E-state index contributed by atoms with van der Waals surface area (Å²) in [4.78, 5) is 23.3. The first-order chi connectivity index (χ1) is 9.79. The zero-order valence-corrected chi connectivity index (χ0v) is 13.3. The van der Waals surface area contributed by atoms with Crippen molar-refractivity contribution >= 4 is 23.5 Å². The van der Waals surface area contributed by atoms with Crippen LogP contribution in [0.25, 0.3) is 0 Å². The van der Waals surface area contributed by atoms with Crippen LogP contribution in [0.5, 0.6) is 0 Å². The summed E-state index contributed by atoms with van der Waals surface area (Å²) >= 11 is 5.83. The summed E-state index contributed by atoms with van der Waals surface area (Å²) in [6.45, 7) is 7.23. The molecule has 1 aromatic rings. The maximum Gasteiger partial charge on any atom is 0.408 e. The summed E-state index contributed by atoms with van der Waals surface area (Å²) in [5.41, 5.74) is -0.428. The molecule has 21 heavy (non-hydrogen) atoms. The molecule has 1 aliphatic heterocycles. The molecule has 7 heteroatoms. The molecule has 0 spiro atoms. The Labute approximate surface area is 129 Å². The van der Waals surface area contributed by atoms with Crippen LogP contribution in [0.3, 0.4) is 0 Å². The fourth-order valence-electron chi connectivity index (χ4n) is 2.87. The van der Waals surface area contributed by atoms with Crippen LogP contribution in [0.2, 0.25) is 5.28 Å². The zero-order chi connectivity index (χ0) is 15.6. The second kappa shape index (κ2) is 6.05. The van der Waals surface area contributed by atoms with Crippen LogP contribution >= 0.6 is 11.6 Å². The van der Waals surface area contributed by atoms with E-state index in [-0.39, 0.29) is 11.3 Å². The van der Waals surface area contributed by atoms with Gasteiger partial charge in [-0.2, -0.15) is 0 Å². The summed E-state index contributed by atoms with van der Waals surface area (Å²) in [6.07, 6.45) is 2.52. The van der Waals surface area contributed by atoms with Gasteiger partial charge >= 0.3 is 6.09 Å². The van der Waals surface area contributed by atoms with E-state index in [9.17, 15) is 9.90 Å². The monoisotopic (exact) mass is 312 g/mol. The van der Waals surface area contributed by atoms with Crippen molar-refractivity contribution in [3.05, 3.63) is 17.5 Å². The maximum atomic E-state index is 11.6. The lowest BCUT2D eigenvalue weighted by molar-refractivity contribution is 0.0647. The van der Waals surface area contributed by atoms with E-state index in [1.807, 2.05) is 20.8 Å². The molecular weight excluding hydrogens is 292 g/mol. The molecule has 1 amide bonds. The fraction of sp³-hybridized carbons (Fsp3) is 0.643. The number of halogens is 1. The summed E-state index contributed by atoms with van der Waals surface area (Å²) in [5, 5.41) is 9.73. The van der Waals surface area contributed by atoms with Crippen LogP contribution in [0.1, 0.15) is 33.6 Å². The molecule has 0 bridgehead atoms. The number of carbonyl (C=O) groups is 1. The number of carboxylic acid groups (broad SMARTS) is 1. The lowest BCUT2D eigenvalue weighted by Crippen LogP contribution is -2.57. The number of hydrogen-bond donors (Lipinski definition) is 1. The van der Waals surface area contributed by atoms with Crippen molar-refractivity contribution in [2.24, 2.45) is 0 Å². The van der Waals surface area contributed by atoms with Crippen molar-refractivity contribution in [1.82, 2.24) is 14.9 Å². The number of rotatable bonds is 2. The van der Waals surface area contributed by atoms with Gasteiger partial charge in [-0.15, -0.1) is 0 Å². The van der Waals surface area contributed by atoms with Gasteiger partial charge in [-0.1, -0.05) is 0 Å². The molecule has 1 atom stereocenters. The quantitative estimate of drug-likeness (QED) is 0.850. The van der Waals surface area contributed by atoms with E-state index in [4.69, 9.17) is 11.6 Å². The van der Waals surface area contributed by atoms with E-state index in [1.54, 1.807) is 17.2 Å². The van der Waals surface area contributed by atoms with Gasteiger partial charge in [0.1, 0.15) is 5.82 Å². The number of aromatic nitrogens is 2. The predicted molar refractivity (Wildman–Crippen MR) is 81.9 cm³/mol. The summed E-state index contributed by atoms with van der Waals surface area (Å²) < 4.78 is 0. The first-order valence-corrected chi connectivity index (χ1v) is 7.42. The molecule has 6 nitrogen and oxygen atoms in total. The zero-order valence-electron chi connectivity index (χ0n) is 12.6. The average molecular weight is 313 g/mol. The normalized spacial score (nSPS) is 19.4. The number of hydrogen-bond acceptors (Lipinski definition) is 4. The van der Waals surface area contributed by atoms with E-state index in [2.05, 4.69) is 14.9 Å². The van der Waals surface area contributed by atoms with Gasteiger partial charge in [-0.3, -0.25) is 4.90 Å². The van der Waals surface area contributed by atoms with Gasteiger partial charge in [-0.05, 0) is 51.3 Å². The molecule has 0 saturated carbocycles. The summed E-state index contributed by atoms with van der Waals surface area (Å²) in [7, 11) is 0. The molecule has 1 unspecified atom stereocenters. The van der Waals surface area contributed by atoms with Crippen molar-refractivity contribution < 1.29 is 9.90 Å². The molecule has 0 radical (unpaired) electrons. The lowest BCUT2D eigenvalue weighted by Gasteiger charge is -2.44. The second-order valence-corrected chi connectivity index (χ2v) is 6.59. The van der Waals surface area contributed by atoms with Gasteiger partial charge in [-0.25, -0.2) is 14.8 Å². The van der Waals surface area contributed by atoms with Gasteiger partial charge in [0.05, 0.1) is 6.04 Å². The molecule has 1 N–H and O–H groups in total. The SMILES string of the molecule is CC(C)(C)N(C(=O)O)C1CCCN(c2ccnc(Cl)n2)C1. The van der Waals surface area contributed by atoms with Gasteiger partial charge in [0, 0.05) is 24.8 Å². The highest BCUT2D eigenvalue weighted by atomic mass is 35.5. The highest BCUT2D eigenvalue weighted by molar-refractivity contribution is 6.28. The lowest BCUT2D eigenvalue weighted by atomic mass is 9.97. The molecule has 1 aliphatic rings. The topological polar surface area (TPSA) is 69.6 Å². The number of piperidine rings is 1. The number of amides is 1. The van der Waals surface area contributed by atoms with Gasteiger partial charge in [0.25, 0.3) is 0 Å². The Hall–Kier alpha value is -1.56. The van der Waals surface area contributed by atoms with E-state index in [0.717, 1.165) is 25.2 Å². The van der Waals surface area contributed by atoms with E-state index in [1.165, 1.54) is 0 Å². The van der Waals surface area contributed by atoms with Crippen LogP contribution in [0.15, 0.2) is 12.3 Å². The number of anilines is 1. The first kappa shape index (κ1) is 15.8. The standard InChI is InChI=1S/C14H21ClN4O2/c1-14(2,3)19(13(20)21)10-5-4-8-18(9-10)11-6-7-16-12(15)17-11/h6-7,10H,4-5,8-9H2,1-3H3,(H,20,21). The average Bonchev–Trinajstić information content (AvgIpc) is 2.37. The Morgan fingerprint density at radius 3 is 2.81 bits per heavy atom. The molecule has 1 aromatic heterocycles. The van der Waals surface area contributed by atoms with Crippen LogP contribution in [-0.2, 0) is 0 Å². The minimum atomic E-state index is -0.880. The molecule has 1 saturated heterocycles. The first-order valence-electron chi connectivity index (χ1n) is 7.05. The minimum Gasteiger partial charge on any atom is -0.465 e. The Balaban J connectivity index is 2.18. The Morgan fingerprint density at radius 1 is 1.52 bits per heavy atom. The maximum absolute atomic E-state index is 11.6. The molecule has 1 fully saturated rings. The van der Waals surface area contributed by atoms with E-state index in [0.29, 0.717) is 6.54 Å². The predicted octanol–water partition coefficient (Wildman–Crippen LogP) is 2.88. The molecule has 0 aliphatic carbocycles. The van der Waals surface area contributed by atoms with Crippen LogP contribution in [0.4, 0.5) is 10.6 Å². The molecule has 116 valence electrons. The highest BCUT2D eigenvalue weighted by Crippen LogP contribution is 2.26. The van der Waals surface area contributed by atoms with E-state index < -0.39 is 11.6 Å². The number of nitrogens with zero attached hydrogens (tertiary/aromatic N) is 4. The van der Waals surface area contributed by atoms with Gasteiger partial charge < -0.3 is 10.0 Å². The fourth-order valence-corrected chi connectivity index (χ4v) is 3.01. The van der Waals surface area contributed by atoms with Crippen molar-refractivity contribution in [3.63, 3.8) is 0 Å². The second-order valence-electron chi connectivity index (χ2n) is 6.25.